The highest BCUT2D eigenvalue weighted by atomic mass is 32.1. The zero-order chi connectivity index (χ0) is 21.8. The minimum Gasteiger partial charge on any atom is -0.493 e. The Labute approximate surface area is 185 Å². The van der Waals surface area contributed by atoms with E-state index in [1.54, 1.807) is 12.1 Å². The molecule has 0 spiro atoms. The zero-order valence-corrected chi connectivity index (χ0v) is 18.9. The van der Waals surface area contributed by atoms with Gasteiger partial charge in [0, 0.05) is 5.69 Å². The first-order valence-corrected chi connectivity index (χ1v) is 11.0. The summed E-state index contributed by atoms with van der Waals surface area (Å²) in [7, 11) is 0. The van der Waals surface area contributed by atoms with Crippen molar-refractivity contribution in [2.75, 3.05) is 18.5 Å². The van der Waals surface area contributed by atoms with Crippen molar-refractivity contribution in [2.24, 2.45) is 5.92 Å². The number of nitrogens with one attached hydrogen (secondary N) is 2. The van der Waals surface area contributed by atoms with Gasteiger partial charge in [-0.25, -0.2) is 0 Å². The predicted octanol–water partition coefficient (Wildman–Crippen LogP) is 5.81. The highest BCUT2D eigenvalue weighted by molar-refractivity contribution is 7.80. The lowest BCUT2D eigenvalue weighted by Gasteiger charge is -2.13. The van der Waals surface area contributed by atoms with E-state index < -0.39 is 0 Å². The lowest BCUT2D eigenvalue weighted by Crippen LogP contribution is -2.34. The molecular weight excluding hydrogens is 396 g/mol. The highest BCUT2D eigenvalue weighted by Crippen LogP contribution is 2.19. The van der Waals surface area contributed by atoms with Crippen LogP contribution in [0.2, 0.25) is 0 Å². The molecule has 0 fully saturated rings. The van der Waals surface area contributed by atoms with Crippen molar-refractivity contribution in [2.45, 2.75) is 46.5 Å². The van der Waals surface area contributed by atoms with E-state index in [1.807, 2.05) is 36.4 Å². The van der Waals surface area contributed by atoms with Crippen molar-refractivity contribution in [3.8, 4) is 11.5 Å². The normalized spacial score (nSPS) is 10.5. The average molecular weight is 429 g/mol. The van der Waals surface area contributed by atoms with Crippen LogP contribution in [0.3, 0.4) is 0 Å². The Morgan fingerprint density at radius 2 is 1.73 bits per heavy atom. The van der Waals surface area contributed by atoms with Crippen molar-refractivity contribution < 1.29 is 14.3 Å². The number of amides is 1. The summed E-state index contributed by atoms with van der Waals surface area (Å²) in [6.07, 6.45) is 4.47. The Kier molecular flexibility index (Phi) is 10.1. The maximum Gasteiger partial charge on any atom is 0.261 e. The number of hydrogen-bond donors (Lipinski definition) is 2. The molecule has 0 radical (unpaired) electrons. The molecule has 0 aliphatic heterocycles. The molecule has 1 amide bonds. The molecule has 6 heteroatoms. The second kappa shape index (κ2) is 12.9. The van der Waals surface area contributed by atoms with Crippen LogP contribution < -0.4 is 20.1 Å². The molecule has 5 nitrogen and oxygen atoms in total. The fourth-order valence-electron chi connectivity index (χ4n) is 2.72. The van der Waals surface area contributed by atoms with Crippen LogP contribution in [-0.2, 0) is 0 Å². The van der Waals surface area contributed by atoms with Gasteiger partial charge in [-0.05, 0) is 61.0 Å². The Hall–Kier alpha value is -2.60. The minimum atomic E-state index is -0.298. The first-order valence-electron chi connectivity index (χ1n) is 10.6. The van der Waals surface area contributed by atoms with Gasteiger partial charge in [-0.15, -0.1) is 0 Å². The average Bonchev–Trinajstić information content (AvgIpc) is 2.73. The van der Waals surface area contributed by atoms with E-state index in [4.69, 9.17) is 21.7 Å². The van der Waals surface area contributed by atoms with Gasteiger partial charge in [0.2, 0.25) is 0 Å². The molecule has 2 aromatic carbocycles. The van der Waals surface area contributed by atoms with Gasteiger partial charge in [-0.2, -0.15) is 0 Å². The molecule has 0 aliphatic rings. The van der Waals surface area contributed by atoms with Crippen LogP contribution in [0.25, 0.3) is 0 Å². The summed E-state index contributed by atoms with van der Waals surface area (Å²) < 4.78 is 11.5. The molecule has 0 saturated carbocycles. The third kappa shape index (κ3) is 8.41. The smallest absolute Gasteiger partial charge is 0.261 e. The van der Waals surface area contributed by atoms with Crippen LogP contribution in [0.5, 0.6) is 11.5 Å². The molecule has 0 heterocycles. The number of anilines is 1. The van der Waals surface area contributed by atoms with Crippen LogP contribution in [0.15, 0.2) is 48.5 Å². The Balaban J connectivity index is 1.87. The minimum absolute atomic E-state index is 0.230. The fraction of sp³-hybridized carbons (Fsp3) is 0.417. The van der Waals surface area contributed by atoms with Crippen molar-refractivity contribution >= 4 is 28.9 Å². The monoisotopic (exact) mass is 428 g/mol. The number of unbranched alkanes of at least 4 members (excludes halogenated alkanes) is 3. The van der Waals surface area contributed by atoms with Gasteiger partial charge >= 0.3 is 0 Å². The molecule has 2 N–H and O–H groups in total. The van der Waals surface area contributed by atoms with E-state index in [2.05, 4.69) is 31.4 Å². The maximum absolute atomic E-state index is 12.7. The molecule has 2 rings (SSSR count). The second-order valence-corrected chi connectivity index (χ2v) is 7.95. The predicted molar refractivity (Wildman–Crippen MR) is 127 cm³/mol. The van der Waals surface area contributed by atoms with E-state index in [1.165, 1.54) is 12.8 Å². The van der Waals surface area contributed by atoms with Crippen molar-refractivity contribution in [3.05, 3.63) is 54.1 Å². The van der Waals surface area contributed by atoms with Crippen molar-refractivity contribution in [1.82, 2.24) is 5.32 Å². The summed E-state index contributed by atoms with van der Waals surface area (Å²) in [6, 6.07) is 14.7. The van der Waals surface area contributed by atoms with Crippen molar-refractivity contribution in [3.63, 3.8) is 0 Å². The van der Waals surface area contributed by atoms with Gasteiger partial charge in [0.25, 0.3) is 5.91 Å². The Morgan fingerprint density at radius 3 is 2.43 bits per heavy atom. The highest BCUT2D eigenvalue weighted by Gasteiger charge is 2.13. The maximum atomic E-state index is 12.7. The number of para-hydroxylation sites is 1. The number of benzene rings is 2. The number of ether oxygens (including phenoxy) is 2. The molecule has 0 unspecified atom stereocenters. The SMILES string of the molecule is CCCCCCOc1ccccc1C(=O)NC(=S)Nc1ccc(OCC(C)C)cc1. The van der Waals surface area contributed by atoms with Crippen LogP contribution in [0.4, 0.5) is 5.69 Å². The van der Waals surface area contributed by atoms with Gasteiger partial charge < -0.3 is 14.8 Å². The molecule has 0 aliphatic carbocycles. The molecule has 2 aromatic rings. The quantitative estimate of drug-likeness (QED) is 0.349. The summed E-state index contributed by atoms with van der Waals surface area (Å²) in [4.78, 5) is 12.7. The number of carbonyl (C=O) groups is 1. The first-order chi connectivity index (χ1) is 14.5. The lowest BCUT2D eigenvalue weighted by molar-refractivity contribution is 0.0973. The molecular formula is C24H32N2O3S. The summed E-state index contributed by atoms with van der Waals surface area (Å²) in [5.41, 5.74) is 1.24. The van der Waals surface area contributed by atoms with Crippen LogP contribution in [-0.4, -0.2) is 24.2 Å². The van der Waals surface area contributed by atoms with E-state index >= 15 is 0 Å². The number of carbonyl (C=O) groups excluding carboxylic acids is 1. The van der Waals surface area contributed by atoms with E-state index in [-0.39, 0.29) is 11.0 Å². The Bertz CT molecular complexity index is 806. The molecule has 30 heavy (non-hydrogen) atoms. The van der Waals surface area contributed by atoms with Crippen molar-refractivity contribution in [1.29, 1.82) is 0 Å². The third-order valence-electron chi connectivity index (χ3n) is 4.31. The summed E-state index contributed by atoms with van der Waals surface area (Å²) in [5, 5.41) is 5.97. The number of thiocarbonyl (C=S) groups is 1. The molecule has 0 bridgehead atoms. The topological polar surface area (TPSA) is 59.6 Å². The Morgan fingerprint density at radius 1 is 1.00 bits per heavy atom. The molecule has 0 aromatic heterocycles. The summed E-state index contributed by atoms with van der Waals surface area (Å²) >= 11 is 5.29. The first kappa shape index (κ1) is 23.7. The van der Waals surface area contributed by atoms with Gasteiger partial charge in [0.15, 0.2) is 5.11 Å². The molecule has 162 valence electrons. The third-order valence-corrected chi connectivity index (χ3v) is 4.51. The van der Waals surface area contributed by atoms with E-state index in [0.29, 0.717) is 30.4 Å². The summed E-state index contributed by atoms with van der Waals surface area (Å²) in [5.74, 6) is 1.54. The summed E-state index contributed by atoms with van der Waals surface area (Å²) in [6.45, 7) is 7.64. The number of rotatable bonds is 11. The standard InChI is InChI=1S/C24H32N2O3S/c1-4-5-6-9-16-28-22-11-8-7-10-21(22)23(27)26-24(30)25-19-12-14-20(15-13-19)29-17-18(2)3/h7-8,10-15,18H,4-6,9,16-17H2,1-3H3,(H2,25,26,27,30). The van der Waals surface area contributed by atoms with Crippen LogP contribution in [0.1, 0.15) is 56.8 Å². The second-order valence-electron chi connectivity index (χ2n) is 7.54. The largest absolute Gasteiger partial charge is 0.493 e. The lowest BCUT2D eigenvalue weighted by atomic mass is 10.2. The van der Waals surface area contributed by atoms with Gasteiger partial charge in [0.1, 0.15) is 11.5 Å². The van der Waals surface area contributed by atoms with E-state index in [0.717, 1.165) is 24.3 Å². The fourth-order valence-corrected chi connectivity index (χ4v) is 2.93. The number of hydrogen-bond acceptors (Lipinski definition) is 4. The zero-order valence-electron chi connectivity index (χ0n) is 18.1. The molecule has 0 saturated heterocycles. The van der Waals surface area contributed by atoms with E-state index in [9.17, 15) is 4.79 Å². The van der Waals surface area contributed by atoms with Gasteiger partial charge in [-0.3, -0.25) is 10.1 Å². The van der Waals surface area contributed by atoms with Gasteiger partial charge in [-0.1, -0.05) is 52.2 Å². The van der Waals surface area contributed by atoms with Crippen LogP contribution in [0, 0.1) is 5.92 Å². The molecule has 0 atom stereocenters. The van der Waals surface area contributed by atoms with Crippen LogP contribution >= 0.6 is 12.2 Å². The van der Waals surface area contributed by atoms with Gasteiger partial charge in [0.05, 0.1) is 18.8 Å².